The first-order valence-corrected chi connectivity index (χ1v) is 5.98. The lowest BCUT2D eigenvalue weighted by Gasteiger charge is -2.04. The molecule has 0 unspecified atom stereocenters. The number of unbranched alkanes of at least 4 members (excludes halogenated alkanes) is 1. The van der Waals surface area contributed by atoms with Crippen LogP contribution in [0.5, 0.6) is 0 Å². The molecule has 7 heteroatoms. The van der Waals surface area contributed by atoms with Crippen molar-refractivity contribution < 1.29 is 28.4 Å². The molecule has 0 atom stereocenters. The van der Waals surface area contributed by atoms with Crippen molar-refractivity contribution in [2.24, 2.45) is 0 Å². The van der Waals surface area contributed by atoms with Gasteiger partial charge in [-0.2, -0.15) is 0 Å². The second-order valence-electron chi connectivity index (χ2n) is 2.70. The highest BCUT2D eigenvalue weighted by Crippen LogP contribution is 2.35. The van der Waals surface area contributed by atoms with Crippen molar-refractivity contribution in [1.82, 2.24) is 0 Å². The van der Waals surface area contributed by atoms with Crippen molar-refractivity contribution in [1.29, 1.82) is 0 Å². The minimum atomic E-state index is -4.36. The molecule has 0 saturated heterocycles. The molecule has 0 aromatic heterocycles. The van der Waals surface area contributed by atoms with Crippen LogP contribution in [-0.4, -0.2) is 29.0 Å². The van der Waals surface area contributed by atoms with E-state index in [4.69, 9.17) is 14.5 Å². The molecular formula is C8H15O6P. The molecule has 0 heterocycles. The van der Waals surface area contributed by atoms with Gasteiger partial charge in [-0.15, -0.1) is 0 Å². The highest BCUT2D eigenvalue weighted by Gasteiger charge is 2.12. The molecule has 0 spiro atoms. The Balaban J connectivity index is 3.33. The third kappa shape index (κ3) is 11.2. The van der Waals surface area contributed by atoms with Crippen LogP contribution in [0.3, 0.4) is 0 Å². The van der Waals surface area contributed by atoms with Gasteiger partial charge in [0.05, 0.1) is 13.2 Å². The zero-order valence-corrected chi connectivity index (χ0v) is 9.35. The molecule has 0 fully saturated rings. The lowest BCUT2D eigenvalue weighted by molar-refractivity contribution is -0.137. The van der Waals surface area contributed by atoms with E-state index in [1.54, 1.807) is 13.0 Å². The highest BCUT2D eigenvalue weighted by atomic mass is 31.2. The largest absolute Gasteiger partial charge is 0.469 e. The zero-order valence-electron chi connectivity index (χ0n) is 8.46. The van der Waals surface area contributed by atoms with Gasteiger partial charge >= 0.3 is 13.8 Å². The van der Waals surface area contributed by atoms with Crippen LogP contribution in [0.2, 0.25) is 0 Å². The molecule has 0 radical (unpaired) electrons. The van der Waals surface area contributed by atoms with Gasteiger partial charge in [-0.3, -0.25) is 4.52 Å². The van der Waals surface area contributed by atoms with Crippen LogP contribution >= 0.6 is 7.82 Å². The summed E-state index contributed by atoms with van der Waals surface area (Å²) in [5, 5.41) is 0. The normalized spacial score (nSPS) is 11.9. The third-order valence-corrected chi connectivity index (χ3v) is 1.86. The second-order valence-corrected chi connectivity index (χ2v) is 3.94. The van der Waals surface area contributed by atoms with Gasteiger partial charge in [-0.1, -0.05) is 6.08 Å². The maximum atomic E-state index is 10.8. The molecule has 0 aromatic carbocycles. The maximum absolute atomic E-state index is 10.8. The van der Waals surface area contributed by atoms with Gasteiger partial charge in [-0.05, 0) is 19.8 Å². The highest BCUT2D eigenvalue weighted by molar-refractivity contribution is 7.46. The van der Waals surface area contributed by atoms with Gasteiger partial charge in [-0.25, -0.2) is 9.36 Å². The minimum absolute atomic E-state index is 0.0502. The standard InChI is InChI=1S/C8H15O6P/c1-2-5-8(9)13-6-3-4-7-14-15(10,11)12/h2,5H,3-4,6-7H2,1H3,(H2,10,11,12). The lowest BCUT2D eigenvalue weighted by atomic mass is 10.3. The quantitative estimate of drug-likeness (QED) is 0.297. The summed E-state index contributed by atoms with van der Waals surface area (Å²) in [6.07, 6.45) is 3.79. The predicted molar refractivity (Wildman–Crippen MR) is 53.0 cm³/mol. The molecule has 0 aromatic rings. The van der Waals surface area contributed by atoms with Crippen molar-refractivity contribution in [2.45, 2.75) is 19.8 Å². The van der Waals surface area contributed by atoms with Gasteiger partial charge in [0.1, 0.15) is 0 Å². The molecule has 0 aliphatic heterocycles. The molecule has 6 nitrogen and oxygen atoms in total. The first-order valence-electron chi connectivity index (χ1n) is 4.45. The average Bonchev–Trinajstić information content (AvgIpc) is 2.09. The molecule has 88 valence electrons. The molecule has 0 aliphatic carbocycles. The minimum Gasteiger partial charge on any atom is -0.463 e. The summed E-state index contributed by atoms with van der Waals surface area (Å²) in [5.74, 6) is -0.423. The van der Waals surface area contributed by atoms with E-state index in [9.17, 15) is 9.36 Å². The molecule has 0 bridgehead atoms. The summed E-state index contributed by atoms with van der Waals surface area (Å²) in [5.41, 5.74) is 0. The van der Waals surface area contributed by atoms with Crippen molar-refractivity contribution in [2.75, 3.05) is 13.2 Å². The van der Waals surface area contributed by atoms with E-state index in [2.05, 4.69) is 4.52 Å². The number of phosphoric acid groups is 1. The van der Waals surface area contributed by atoms with Gasteiger partial charge < -0.3 is 14.5 Å². The fourth-order valence-electron chi connectivity index (χ4n) is 0.745. The Labute approximate surface area is 88.1 Å². The number of carbonyl (C=O) groups is 1. The number of ether oxygens (including phenoxy) is 1. The number of hydrogen-bond donors (Lipinski definition) is 2. The predicted octanol–water partition coefficient (Wildman–Crippen LogP) is 0.995. The van der Waals surface area contributed by atoms with Crippen LogP contribution in [0.4, 0.5) is 0 Å². The summed E-state index contributed by atoms with van der Waals surface area (Å²) < 4.78 is 19.2. The summed E-state index contributed by atoms with van der Waals surface area (Å²) in [4.78, 5) is 27.4. The fourth-order valence-corrected chi connectivity index (χ4v) is 1.11. The first-order chi connectivity index (χ1) is 6.95. The Kier molecular flexibility index (Phi) is 7.25. The summed E-state index contributed by atoms with van der Waals surface area (Å²) in [6, 6.07) is 0. The average molecular weight is 238 g/mol. The Morgan fingerprint density at radius 2 is 1.93 bits per heavy atom. The number of hydrogen-bond acceptors (Lipinski definition) is 4. The molecule has 0 aliphatic rings. The Morgan fingerprint density at radius 1 is 1.33 bits per heavy atom. The number of rotatable bonds is 7. The molecule has 0 saturated carbocycles. The van der Waals surface area contributed by atoms with E-state index in [-0.39, 0.29) is 13.2 Å². The summed E-state index contributed by atoms with van der Waals surface area (Å²) >= 11 is 0. The van der Waals surface area contributed by atoms with Gasteiger partial charge in [0.15, 0.2) is 0 Å². The van der Waals surface area contributed by atoms with Crippen molar-refractivity contribution in [3.63, 3.8) is 0 Å². The van der Waals surface area contributed by atoms with Crippen LogP contribution < -0.4 is 0 Å². The van der Waals surface area contributed by atoms with Crippen molar-refractivity contribution >= 4 is 13.8 Å². The maximum Gasteiger partial charge on any atom is 0.469 e. The van der Waals surface area contributed by atoms with Gasteiger partial charge in [0, 0.05) is 6.08 Å². The van der Waals surface area contributed by atoms with Crippen LogP contribution in [0.15, 0.2) is 12.2 Å². The Bertz CT molecular complexity index is 256. The molecule has 2 N–H and O–H groups in total. The lowest BCUT2D eigenvalue weighted by Crippen LogP contribution is -2.03. The van der Waals surface area contributed by atoms with Crippen LogP contribution in [0.25, 0.3) is 0 Å². The van der Waals surface area contributed by atoms with Gasteiger partial charge in [0.25, 0.3) is 0 Å². The first kappa shape index (κ1) is 14.3. The number of allylic oxidation sites excluding steroid dienone is 1. The van der Waals surface area contributed by atoms with E-state index in [0.717, 1.165) is 0 Å². The van der Waals surface area contributed by atoms with Crippen LogP contribution in [0, 0.1) is 0 Å². The third-order valence-electron chi connectivity index (χ3n) is 1.35. The van der Waals surface area contributed by atoms with Crippen molar-refractivity contribution in [3.05, 3.63) is 12.2 Å². The number of carbonyl (C=O) groups excluding carboxylic acids is 1. The fraction of sp³-hybridized carbons (Fsp3) is 0.625. The smallest absolute Gasteiger partial charge is 0.463 e. The monoisotopic (exact) mass is 238 g/mol. The van der Waals surface area contributed by atoms with E-state index in [0.29, 0.717) is 12.8 Å². The zero-order chi connectivity index (χ0) is 11.7. The van der Waals surface area contributed by atoms with Crippen LogP contribution in [-0.2, 0) is 18.6 Å². The SMILES string of the molecule is CC=CC(=O)OCCCCOP(=O)(O)O. The number of phosphoric ester groups is 1. The van der Waals surface area contributed by atoms with Crippen LogP contribution in [0.1, 0.15) is 19.8 Å². The van der Waals surface area contributed by atoms with Crippen molar-refractivity contribution in [3.8, 4) is 0 Å². The number of esters is 1. The second kappa shape index (κ2) is 7.59. The van der Waals surface area contributed by atoms with E-state index < -0.39 is 13.8 Å². The molecule has 15 heavy (non-hydrogen) atoms. The molecule has 0 rings (SSSR count). The topological polar surface area (TPSA) is 93.1 Å². The molecular weight excluding hydrogens is 223 g/mol. The van der Waals surface area contributed by atoms with Gasteiger partial charge in [0.2, 0.25) is 0 Å². The van der Waals surface area contributed by atoms with E-state index in [1.165, 1.54) is 6.08 Å². The van der Waals surface area contributed by atoms with E-state index in [1.807, 2.05) is 0 Å². The summed E-state index contributed by atoms with van der Waals surface area (Å²) in [7, 11) is -4.36. The Hall–Kier alpha value is -0.680. The van der Waals surface area contributed by atoms with E-state index >= 15 is 0 Å². The molecule has 0 amide bonds. The summed E-state index contributed by atoms with van der Waals surface area (Å²) in [6.45, 7) is 1.87. The Morgan fingerprint density at radius 3 is 2.47 bits per heavy atom.